The topological polar surface area (TPSA) is 328 Å². The van der Waals surface area contributed by atoms with Crippen molar-refractivity contribution in [2.45, 2.75) is 235 Å². The van der Waals surface area contributed by atoms with Crippen molar-refractivity contribution < 1.29 is 61.9 Å². The van der Waals surface area contributed by atoms with Crippen molar-refractivity contribution in [2.75, 3.05) is 26.4 Å². The molecule has 3 fully saturated rings. The van der Waals surface area contributed by atoms with Crippen LogP contribution in [0.3, 0.4) is 0 Å². The molecular weight excluding hydrogens is 1300 g/mol. The monoisotopic (exact) mass is 1410 g/mol. The quantitative estimate of drug-likeness (QED) is 0.0279. The molecule has 550 valence electrons. The van der Waals surface area contributed by atoms with E-state index in [1.165, 1.54) is 120 Å². The zero-order valence-corrected chi connectivity index (χ0v) is 62.2. The van der Waals surface area contributed by atoms with Crippen molar-refractivity contribution in [3.8, 4) is 17.2 Å². The van der Waals surface area contributed by atoms with Gasteiger partial charge in [0, 0.05) is 25.9 Å². The third kappa shape index (κ3) is 44.2. The lowest BCUT2D eigenvalue weighted by Gasteiger charge is -2.22. The number of esters is 1. The van der Waals surface area contributed by atoms with Gasteiger partial charge in [-0.1, -0.05) is 94.2 Å². The first-order valence-electron chi connectivity index (χ1n) is 33.7. The number of nitrogens with one attached hydrogen (secondary N) is 3. The Bertz CT molecular complexity index is 2990. The lowest BCUT2D eigenvalue weighted by molar-refractivity contribution is -0.140. The number of rotatable bonds is 15. The molecule has 1 heterocycles. The Kier molecular flexibility index (Phi) is 41.8. The van der Waals surface area contributed by atoms with Gasteiger partial charge in [0.1, 0.15) is 39.7 Å². The van der Waals surface area contributed by atoms with E-state index in [1.54, 1.807) is 96.1 Å². The van der Waals surface area contributed by atoms with E-state index >= 15 is 0 Å². The average Bonchev–Trinajstić information content (AvgIpc) is 1.58. The number of aliphatic imine (C=N–C) groups is 3. The summed E-state index contributed by atoms with van der Waals surface area (Å²) < 4.78 is 44.1. The van der Waals surface area contributed by atoms with Crippen LogP contribution in [0.4, 0.5) is 19.2 Å². The second-order valence-electron chi connectivity index (χ2n) is 27.7. The Morgan fingerprint density at radius 1 is 0.520 bits per heavy atom. The van der Waals surface area contributed by atoms with E-state index in [2.05, 4.69) is 40.8 Å². The zero-order valence-electron chi connectivity index (χ0n) is 60.5. The maximum atomic E-state index is 12.2. The van der Waals surface area contributed by atoms with Crippen molar-refractivity contribution in [3.05, 3.63) is 108 Å². The van der Waals surface area contributed by atoms with Crippen LogP contribution >= 0.6 is 24.8 Å². The molecule has 0 bridgehead atoms. The number of carbonyl (C=O) groups is 5. The van der Waals surface area contributed by atoms with Crippen molar-refractivity contribution >= 4 is 73.0 Å². The maximum absolute atomic E-state index is 12.2. The smallest absolute Gasteiger partial charge is 0.437 e. The number of ether oxygens (including phenoxy) is 8. The molecule has 3 saturated carbocycles. The molecule has 0 radical (unpaired) electrons. The van der Waals surface area contributed by atoms with E-state index in [9.17, 15) is 24.0 Å². The van der Waals surface area contributed by atoms with Gasteiger partial charge in [0.2, 0.25) is 11.9 Å². The van der Waals surface area contributed by atoms with Crippen LogP contribution in [0.15, 0.2) is 106 Å². The predicted octanol–water partition coefficient (Wildman–Crippen LogP) is 15.0. The predicted molar refractivity (Wildman–Crippen MR) is 390 cm³/mol. The van der Waals surface area contributed by atoms with E-state index in [1.807, 2.05) is 72.8 Å². The molecule has 7 rings (SSSR count). The summed E-state index contributed by atoms with van der Waals surface area (Å²) in [6.07, 6.45) is 19.8. The molecule has 0 atom stereocenters. The van der Waals surface area contributed by atoms with Crippen LogP contribution < -0.4 is 47.4 Å². The van der Waals surface area contributed by atoms with Crippen LogP contribution in [-0.2, 0) is 48.1 Å². The minimum Gasteiger partial charge on any atom is -0.493 e. The number of nitrogens with zero attached hydrogens (tertiary/aromatic N) is 5. The molecule has 4 amide bonds. The summed E-state index contributed by atoms with van der Waals surface area (Å²) in [6, 6.07) is 25.4. The lowest BCUT2D eigenvalue weighted by Crippen LogP contribution is -2.47. The van der Waals surface area contributed by atoms with E-state index in [0.717, 1.165) is 65.6 Å². The molecule has 9 N–H and O–H groups in total. The normalized spacial score (nSPS) is 14.2. The van der Waals surface area contributed by atoms with Gasteiger partial charge in [0.05, 0.1) is 39.5 Å². The SMILES string of the molecule is CC(C)(C)OC(=O)N=C(NC(=O)OC(C)(C)C)n1cccn1.CC(C)(C)OC(=O)NC(=NCc1cccc(OCC2CCCCC2)c1)NC(=O)OC(C)(C)C.CCOC(C)=O.Cl.Cl.NC(N)=NCc1cccc(OCC2CCCCC2)c1.NCc1cccc(OCC2CCCCC2)c1. The van der Waals surface area contributed by atoms with Gasteiger partial charge in [-0.25, -0.2) is 33.8 Å². The van der Waals surface area contributed by atoms with Crippen molar-refractivity contribution in [3.63, 3.8) is 0 Å². The van der Waals surface area contributed by atoms with Crippen LogP contribution in [0.25, 0.3) is 0 Å². The van der Waals surface area contributed by atoms with E-state index in [-0.39, 0.29) is 55.2 Å². The summed E-state index contributed by atoms with van der Waals surface area (Å²) in [5.74, 6) is 4.51. The summed E-state index contributed by atoms with van der Waals surface area (Å²) >= 11 is 0. The van der Waals surface area contributed by atoms with Crippen molar-refractivity contribution in [1.82, 2.24) is 25.7 Å². The van der Waals surface area contributed by atoms with Gasteiger partial charge < -0.3 is 55.1 Å². The highest BCUT2D eigenvalue weighted by Crippen LogP contribution is 2.28. The Hall–Kier alpha value is -7.83. The molecule has 3 aromatic carbocycles. The molecule has 3 aliphatic rings. The molecule has 26 heteroatoms. The van der Waals surface area contributed by atoms with Crippen LogP contribution in [0, 0.1) is 17.8 Å². The number of alkyl carbamates (subject to hydrolysis) is 3. The minimum atomic E-state index is -0.839. The lowest BCUT2D eigenvalue weighted by atomic mass is 9.90. The molecule has 24 nitrogen and oxygen atoms in total. The number of amides is 4. The highest BCUT2D eigenvalue weighted by Gasteiger charge is 2.24. The number of aromatic nitrogens is 2. The molecule has 1 aromatic heterocycles. The van der Waals surface area contributed by atoms with Crippen LogP contribution in [0.1, 0.15) is 210 Å². The third-order valence-electron chi connectivity index (χ3n) is 13.9. The Balaban J connectivity index is 0.000000650. The number of benzene rings is 3. The highest BCUT2D eigenvalue weighted by molar-refractivity contribution is 6.01. The molecule has 0 saturated heterocycles. The van der Waals surface area contributed by atoms with Crippen LogP contribution in [0.5, 0.6) is 17.2 Å². The molecule has 0 unspecified atom stereocenters. The van der Waals surface area contributed by atoms with Gasteiger partial charge >= 0.3 is 30.3 Å². The first kappa shape index (κ1) is 88.2. The molecule has 98 heavy (non-hydrogen) atoms. The Morgan fingerprint density at radius 3 is 1.21 bits per heavy atom. The van der Waals surface area contributed by atoms with Gasteiger partial charge in [-0.3, -0.25) is 20.7 Å². The summed E-state index contributed by atoms with van der Waals surface area (Å²) in [7, 11) is 0. The van der Waals surface area contributed by atoms with Gasteiger partial charge in [0.25, 0.3) is 0 Å². The number of guanidine groups is 2. The molecule has 0 aliphatic heterocycles. The van der Waals surface area contributed by atoms with Crippen LogP contribution in [0.2, 0.25) is 0 Å². The number of hydrogen-bond acceptors (Lipinski definition) is 17. The highest BCUT2D eigenvalue weighted by atomic mass is 35.5. The van der Waals surface area contributed by atoms with Gasteiger partial charge in [-0.05, 0) is 205 Å². The van der Waals surface area contributed by atoms with Gasteiger partial charge in [-0.2, -0.15) is 5.10 Å². The fraction of sp³-hybridized carbons (Fsp3) is 0.597. The van der Waals surface area contributed by atoms with Gasteiger partial charge in [-0.15, -0.1) is 29.8 Å². The summed E-state index contributed by atoms with van der Waals surface area (Å²) in [5.41, 5.74) is 16.6. The summed E-state index contributed by atoms with van der Waals surface area (Å²) in [6.45, 7) is 28.2. The minimum absolute atomic E-state index is 0. The number of nitrogens with two attached hydrogens (primary N) is 3. The van der Waals surface area contributed by atoms with E-state index in [0.29, 0.717) is 25.6 Å². The second-order valence-corrected chi connectivity index (χ2v) is 27.7. The van der Waals surface area contributed by atoms with Crippen molar-refractivity contribution in [2.24, 2.45) is 49.9 Å². The Labute approximate surface area is 594 Å². The largest absolute Gasteiger partial charge is 0.493 e. The molecule has 4 aromatic rings. The fourth-order valence-corrected chi connectivity index (χ4v) is 9.70. The Morgan fingerprint density at radius 2 is 0.888 bits per heavy atom. The number of halogens is 2. The van der Waals surface area contributed by atoms with E-state index in [4.69, 9.17) is 50.4 Å². The summed E-state index contributed by atoms with van der Waals surface area (Å²) in [4.78, 5) is 69.9. The first-order chi connectivity index (χ1) is 45.2. The average molecular weight is 1410 g/mol. The summed E-state index contributed by atoms with van der Waals surface area (Å²) in [5, 5.41) is 11.3. The molecule has 3 aliphatic carbocycles. The van der Waals surface area contributed by atoms with Crippen LogP contribution in [-0.4, -0.2) is 107 Å². The fourth-order valence-electron chi connectivity index (χ4n) is 9.70. The van der Waals surface area contributed by atoms with E-state index < -0.39 is 46.8 Å². The maximum Gasteiger partial charge on any atom is 0.437 e. The molecule has 0 spiro atoms. The standard InChI is InChI=1S/C25H39N3O5.C15H23N3O.C14H22N4O4.C14H21NO.C4H8O2.2ClH/c1-24(2,3)32-22(29)27-21(28-23(30)33-25(4,5)6)26-16-19-13-10-14-20(15-19)31-17-18-11-8-7-9-12-18;16-15(17)18-10-13-7-4-8-14(9-13)19-11-12-5-2-1-3-6-12;1-13(2,3)21-11(19)16-10(18-9-7-8-15-18)17-12(20)22-14(4,5)6;15-10-13-7-4-8-14(9-13)16-11-12-5-2-1-3-6-12;1-3-6-4(2)5;;/h10,13-15,18H,7-9,11-12,16-17H2,1-6H3,(H2,26,27,28,29,30);4,7-9,12H,1-3,5-6,10-11H2,(H4,16,17,18);7-9H,1-6H3,(H,16,17,19,20);4,7-9,12H,1-3,5-6,10-11,15H2;3H2,1-2H3;2*1H. The second kappa shape index (κ2) is 46.4. The molecular formula is C72H115Cl2N11O13. The third-order valence-corrected chi connectivity index (χ3v) is 13.9. The first-order valence-corrected chi connectivity index (χ1v) is 33.7. The van der Waals surface area contributed by atoms with Crippen molar-refractivity contribution in [1.29, 1.82) is 0 Å². The number of carbonyl (C=O) groups excluding carboxylic acids is 5. The zero-order chi connectivity index (χ0) is 71.2. The number of hydrogen-bond donors (Lipinski definition) is 6. The van der Waals surface area contributed by atoms with Gasteiger partial charge in [0.15, 0.2) is 5.96 Å².